The highest BCUT2D eigenvalue weighted by atomic mass is 32.1. The molecule has 26 heavy (non-hydrogen) atoms. The van der Waals surface area contributed by atoms with Gasteiger partial charge in [0.25, 0.3) is 0 Å². The van der Waals surface area contributed by atoms with Crippen LogP contribution in [-0.2, 0) is 9.47 Å². The maximum Gasteiger partial charge on any atom is 0.221 e. The Balaban J connectivity index is 1.68. The molecule has 2 fully saturated rings. The highest BCUT2D eigenvalue weighted by molar-refractivity contribution is 7.80. The molecule has 2 aliphatic rings. The number of hydrazone groups is 1. The summed E-state index contributed by atoms with van der Waals surface area (Å²) in [5.41, 5.74) is 8.75. The lowest BCUT2D eigenvalue weighted by Gasteiger charge is -2.27. The van der Waals surface area contributed by atoms with Gasteiger partial charge in [-0.25, -0.2) is 9.07 Å². The second-order valence-corrected chi connectivity index (χ2v) is 6.56. The van der Waals surface area contributed by atoms with E-state index in [1.165, 1.54) is 15.4 Å². The molecule has 3 N–H and O–H groups in total. The van der Waals surface area contributed by atoms with Crippen molar-refractivity contribution in [2.75, 3.05) is 6.61 Å². The molecule has 0 spiro atoms. The minimum absolute atomic E-state index is 0.0382. The van der Waals surface area contributed by atoms with Crippen LogP contribution in [0.4, 0.5) is 4.39 Å². The number of fused-ring (bicyclic) bond motifs is 2. The van der Waals surface area contributed by atoms with Crippen molar-refractivity contribution in [3.63, 3.8) is 0 Å². The van der Waals surface area contributed by atoms with Crippen LogP contribution in [0.5, 0.6) is 0 Å². The largest absolute Gasteiger partial charge is 0.375 e. The van der Waals surface area contributed by atoms with Gasteiger partial charge in [0, 0.05) is 6.42 Å². The topological polar surface area (TPSA) is 105 Å². The predicted molar refractivity (Wildman–Crippen MR) is 95.8 cm³/mol. The Kier molecular flexibility index (Phi) is 4.48. The van der Waals surface area contributed by atoms with E-state index in [1.54, 1.807) is 18.2 Å². The van der Waals surface area contributed by atoms with Gasteiger partial charge in [-0.1, -0.05) is 12.1 Å². The van der Waals surface area contributed by atoms with Crippen molar-refractivity contribution in [2.24, 2.45) is 10.8 Å². The number of nitrogens with zero attached hydrogens (tertiary/aromatic N) is 5. The summed E-state index contributed by atoms with van der Waals surface area (Å²) in [6, 6.07) is 5.91. The number of hydrogen-bond donors (Lipinski definition) is 2. The normalized spacial score (nSPS) is 26.2. The van der Waals surface area contributed by atoms with Gasteiger partial charge in [0.2, 0.25) is 4.77 Å². The van der Waals surface area contributed by atoms with Crippen LogP contribution in [0.1, 0.15) is 12.5 Å². The molecule has 2 aromatic rings. The van der Waals surface area contributed by atoms with Crippen LogP contribution in [0.25, 0.3) is 5.69 Å². The number of nitrogens with two attached hydrogens (primary N) is 1. The first-order valence-electron chi connectivity index (χ1n) is 7.73. The molecule has 1 aromatic heterocycles. The van der Waals surface area contributed by atoms with Crippen molar-refractivity contribution < 1.29 is 13.9 Å². The second-order valence-electron chi connectivity index (χ2n) is 5.76. The smallest absolute Gasteiger partial charge is 0.221 e. The molecule has 2 bridgehead atoms. The Labute approximate surface area is 157 Å². The van der Waals surface area contributed by atoms with Crippen molar-refractivity contribution >= 4 is 35.3 Å². The van der Waals surface area contributed by atoms with Gasteiger partial charge in [-0.05, 0) is 47.0 Å². The van der Waals surface area contributed by atoms with E-state index in [0.717, 1.165) is 0 Å². The molecule has 136 valence electrons. The maximum atomic E-state index is 14.1. The molecule has 4 rings (SSSR count). The molecule has 0 aliphatic carbocycles. The fourth-order valence-corrected chi connectivity index (χ4v) is 3.30. The number of benzene rings is 1. The van der Waals surface area contributed by atoms with Gasteiger partial charge in [0.05, 0.1) is 18.4 Å². The standard InChI is InChI=1S/C14H14FN7O2S2/c15-7-3-1-2-4-9(7)21-14(26)22(20-19-21)10-5-8(17-18-13(16)25)12-23-6-11(10)24-12/h1-4,10-12H,5-6H2,(H3,16,18,25)/t10-,11+,12+/m0/s1. The molecule has 0 radical (unpaired) electrons. The zero-order valence-electron chi connectivity index (χ0n) is 13.3. The molecule has 1 aromatic carbocycles. The number of tetrazole rings is 1. The minimum Gasteiger partial charge on any atom is -0.375 e. The Morgan fingerprint density at radius 2 is 2.19 bits per heavy atom. The number of aromatic nitrogens is 4. The Morgan fingerprint density at radius 1 is 1.38 bits per heavy atom. The van der Waals surface area contributed by atoms with Gasteiger partial charge in [0.1, 0.15) is 17.6 Å². The number of thiocarbonyl (C=S) groups is 1. The second kappa shape index (κ2) is 6.79. The Hall–Kier alpha value is -2.28. The molecule has 3 heterocycles. The Bertz CT molecular complexity index is 943. The van der Waals surface area contributed by atoms with Crippen molar-refractivity contribution in [3.05, 3.63) is 34.9 Å². The molecular weight excluding hydrogens is 381 g/mol. The number of para-hydroxylation sites is 1. The number of hydrogen-bond acceptors (Lipinski definition) is 7. The zero-order chi connectivity index (χ0) is 18.3. The first-order valence-corrected chi connectivity index (χ1v) is 8.54. The van der Waals surface area contributed by atoms with Crippen LogP contribution in [0.2, 0.25) is 0 Å². The summed E-state index contributed by atoms with van der Waals surface area (Å²) in [4.78, 5) is 0. The van der Waals surface area contributed by atoms with E-state index in [-0.39, 0.29) is 27.7 Å². The van der Waals surface area contributed by atoms with Crippen LogP contribution >= 0.6 is 24.4 Å². The highest BCUT2D eigenvalue weighted by Crippen LogP contribution is 2.33. The molecule has 3 atom stereocenters. The predicted octanol–water partition coefficient (Wildman–Crippen LogP) is 0.813. The van der Waals surface area contributed by atoms with Crippen LogP contribution in [0.3, 0.4) is 0 Å². The number of halogens is 1. The number of nitrogens with one attached hydrogen (secondary N) is 1. The third-order valence-corrected chi connectivity index (χ3v) is 4.59. The highest BCUT2D eigenvalue weighted by Gasteiger charge is 2.44. The quantitative estimate of drug-likeness (QED) is 0.581. The molecule has 2 aliphatic heterocycles. The lowest BCUT2D eigenvalue weighted by atomic mass is 10.0. The van der Waals surface area contributed by atoms with E-state index in [1.807, 2.05) is 0 Å². The van der Waals surface area contributed by atoms with Crippen LogP contribution in [0, 0.1) is 10.6 Å². The van der Waals surface area contributed by atoms with Gasteiger partial charge in [-0.2, -0.15) is 9.78 Å². The summed E-state index contributed by atoms with van der Waals surface area (Å²) < 4.78 is 28.5. The third kappa shape index (κ3) is 3.00. The van der Waals surface area contributed by atoms with E-state index in [4.69, 9.17) is 39.6 Å². The summed E-state index contributed by atoms with van der Waals surface area (Å²) in [6.07, 6.45) is -0.370. The molecule has 0 unspecified atom stereocenters. The van der Waals surface area contributed by atoms with Crippen molar-refractivity contribution in [2.45, 2.75) is 24.9 Å². The van der Waals surface area contributed by atoms with Crippen LogP contribution in [0.15, 0.2) is 29.4 Å². The van der Waals surface area contributed by atoms with Gasteiger partial charge in [-0.3, -0.25) is 5.43 Å². The van der Waals surface area contributed by atoms with E-state index < -0.39 is 12.1 Å². The van der Waals surface area contributed by atoms with Crippen molar-refractivity contribution in [1.29, 1.82) is 0 Å². The summed E-state index contributed by atoms with van der Waals surface area (Å²) >= 11 is 10.2. The van der Waals surface area contributed by atoms with E-state index in [0.29, 0.717) is 18.7 Å². The first-order chi connectivity index (χ1) is 12.5. The summed E-state index contributed by atoms with van der Waals surface area (Å²) in [5.74, 6) is -0.442. The Morgan fingerprint density at radius 3 is 2.96 bits per heavy atom. The van der Waals surface area contributed by atoms with Gasteiger partial charge < -0.3 is 15.2 Å². The monoisotopic (exact) mass is 395 g/mol. The average molecular weight is 395 g/mol. The average Bonchev–Trinajstić information content (AvgIpc) is 3.20. The zero-order valence-corrected chi connectivity index (χ0v) is 14.9. The minimum atomic E-state index is -0.561. The molecule has 12 heteroatoms. The van der Waals surface area contributed by atoms with Crippen molar-refractivity contribution in [3.8, 4) is 5.69 Å². The van der Waals surface area contributed by atoms with E-state index in [2.05, 4.69) is 21.0 Å². The van der Waals surface area contributed by atoms with Crippen LogP contribution in [-0.4, -0.2) is 49.6 Å². The van der Waals surface area contributed by atoms with Crippen LogP contribution < -0.4 is 11.2 Å². The summed E-state index contributed by atoms with van der Waals surface area (Å²) in [7, 11) is 0. The van der Waals surface area contributed by atoms with Gasteiger partial charge >= 0.3 is 0 Å². The molecule has 2 saturated heterocycles. The third-order valence-electron chi connectivity index (χ3n) is 4.14. The lowest BCUT2D eigenvalue weighted by Crippen LogP contribution is -2.39. The van der Waals surface area contributed by atoms with E-state index in [9.17, 15) is 4.39 Å². The molecular formula is C14H14FN7O2S2. The molecule has 0 amide bonds. The van der Waals surface area contributed by atoms with Crippen molar-refractivity contribution in [1.82, 2.24) is 25.2 Å². The lowest BCUT2D eigenvalue weighted by molar-refractivity contribution is -0.0324. The SMILES string of the molecule is NC(=S)NN=C1C[C@H](n2nnn(-c3ccccc3F)c2=S)[C@H]2CO[C@@H]1O2. The van der Waals surface area contributed by atoms with Gasteiger partial charge in [-0.15, -0.1) is 0 Å². The summed E-state index contributed by atoms with van der Waals surface area (Å²) in [6.45, 7) is 0.357. The maximum absolute atomic E-state index is 14.1. The number of rotatable bonds is 3. The summed E-state index contributed by atoms with van der Waals surface area (Å²) in [5, 5.41) is 12.3. The fourth-order valence-electron chi connectivity index (χ4n) is 2.95. The first kappa shape index (κ1) is 17.1. The fraction of sp³-hybridized carbons (Fsp3) is 0.357. The van der Waals surface area contributed by atoms with E-state index >= 15 is 0 Å². The van der Waals surface area contributed by atoms with Gasteiger partial charge in [0.15, 0.2) is 11.4 Å². The molecule has 9 nitrogen and oxygen atoms in total. The molecule has 0 saturated carbocycles. The number of ether oxygens (including phenoxy) is 2.